The first-order valence-electron chi connectivity index (χ1n) is 7.04. The van der Waals surface area contributed by atoms with Crippen molar-refractivity contribution in [3.63, 3.8) is 0 Å². The second kappa shape index (κ2) is 7.31. The molecule has 2 aliphatic heterocycles. The van der Waals surface area contributed by atoms with Crippen molar-refractivity contribution in [1.82, 2.24) is 15.1 Å². The van der Waals surface area contributed by atoms with Gasteiger partial charge in [0.25, 0.3) is 0 Å². The van der Waals surface area contributed by atoms with Crippen LogP contribution in [-0.4, -0.2) is 75.9 Å². The van der Waals surface area contributed by atoms with Gasteiger partial charge in [-0.05, 0) is 38.9 Å². The summed E-state index contributed by atoms with van der Waals surface area (Å²) in [7, 11) is 2.26. The molecule has 17 heavy (non-hydrogen) atoms. The fourth-order valence-electron chi connectivity index (χ4n) is 2.75. The number of likely N-dealkylation sites (N-methyl/N-ethyl adjacent to an activating group) is 1. The zero-order chi connectivity index (χ0) is 11.9. The number of nitrogens with zero attached hydrogens (tertiary/aromatic N) is 2. The van der Waals surface area contributed by atoms with Crippen LogP contribution >= 0.6 is 0 Å². The number of rotatable bonds is 5. The predicted molar refractivity (Wildman–Crippen MR) is 70.3 cm³/mol. The van der Waals surface area contributed by atoms with Crippen LogP contribution in [0.1, 0.15) is 12.8 Å². The monoisotopic (exact) mass is 241 g/mol. The summed E-state index contributed by atoms with van der Waals surface area (Å²) in [6.45, 7) is 10.1. The Morgan fingerprint density at radius 3 is 2.88 bits per heavy atom. The molecule has 0 aromatic rings. The molecule has 0 aromatic heterocycles. The largest absolute Gasteiger partial charge is 0.379 e. The van der Waals surface area contributed by atoms with Gasteiger partial charge in [0.15, 0.2) is 0 Å². The summed E-state index contributed by atoms with van der Waals surface area (Å²) in [6, 6.07) is 0. The highest BCUT2D eigenvalue weighted by Gasteiger charge is 2.16. The van der Waals surface area contributed by atoms with E-state index in [0.29, 0.717) is 0 Å². The minimum atomic E-state index is 0.860. The van der Waals surface area contributed by atoms with E-state index in [2.05, 4.69) is 22.2 Å². The fraction of sp³-hybridized carbons (Fsp3) is 1.00. The molecular formula is C13H27N3O. The van der Waals surface area contributed by atoms with Gasteiger partial charge in [0.05, 0.1) is 13.2 Å². The van der Waals surface area contributed by atoms with E-state index < -0.39 is 0 Å². The lowest BCUT2D eigenvalue weighted by Gasteiger charge is -2.31. The van der Waals surface area contributed by atoms with E-state index >= 15 is 0 Å². The van der Waals surface area contributed by atoms with Crippen molar-refractivity contribution in [1.29, 1.82) is 0 Å². The molecule has 2 aliphatic rings. The highest BCUT2D eigenvalue weighted by atomic mass is 16.5. The summed E-state index contributed by atoms with van der Waals surface area (Å²) in [5, 5.41) is 3.49. The van der Waals surface area contributed by atoms with E-state index in [-0.39, 0.29) is 0 Å². The van der Waals surface area contributed by atoms with Crippen LogP contribution in [0.15, 0.2) is 0 Å². The van der Waals surface area contributed by atoms with Crippen LogP contribution < -0.4 is 5.32 Å². The summed E-state index contributed by atoms with van der Waals surface area (Å²) in [5.41, 5.74) is 0. The first kappa shape index (κ1) is 13.3. The predicted octanol–water partition coefficient (Wildman–Crippen LogP) is 0.250. The molecule has 0 aliphatic carbocycles. The van der Waals surface area contributed by atoms with Crippen LogP contribution in [0.25, 0.3) is 0 Å². The summed E-state index contributed by atoms with van der Waals surface area (Å²) in [6.07, 6.45) is 2.75. The van der Waals surface area contributed by atoms with Gasteiger partial charge in [0.2, 0.25) is 0 Å². The molecule has 2 fully saturated rings. The minimum Gasteiger partial charge on any atom is -0.379 e. The second-order valence-corrected chi connectivity index (χ2v) is 5.43. The molecular weight excluding hydrogens is 214 g/mol. The molecule has 0 radical (unpaired) electrons. The number of nitrogens with one attached hydrogen (secondary N) is 1. The first-order valence-corrected chi connectivity index (χ1v) is 7.04. The summed E-state index contributed by atoms with van der Waals surface area (Å²) < 4.78 is 5.36. The van der Waals surface area contributed by atoms with Gasteiger partial charge in [-0.1, -0.05) is 0 Å². The van der Waals surface area contributed by atoms with E-state index in [1.165, 1.54) is 45.6 Å². The van der Waals surface area contributed by atoms with Crippen molar-refractivity contribution in [3.05, 3.63) is 0 Å². The lowest BCUT2D eigenvalue weighted by molar-refractivity contribution is 0.0337. The normalized spacial score (nSPS) is 27.5. The van der Waals surface area contributed by atoms with E-state index in [0.717, 1.165) is 32.2 Å². The number of hydrogen-bond acceptors (Lipinski definition) is 4. The van der Waals surface area contributed by atoms with Crippen molar-refractivity contribution in [2.75, 3.05) is 66.1 Å². The van der Waals surface area contributed by atoms with Crippen molar-refractivity contribution in [3.8, 4) is 0 Å². The van der Waals surface area contributed by atoms with Gasteiger partial charge in [-0.2, -0.15) is 0 Å². The van der Waals surface area contributed by atoms with Gasteiger partial charge in [0, 0.05) is 32.7 Å². The summed E-state index contributed by atoms with van der Waals surface area (Å²) >= 11 is 0. The van der Waals surface area contributed by atoms with E-state index in [4.69, 9.17) is 4.74 Å². The van der Waals surface area contributed by atoms with Gasteiger partial charge in [-0.3, -0.25) is 4.90 Å². The molecule has 1 unspecified atom stereocenters. The Labute approximate surface area is 105 Å². The van der Waals surface area contributed by atoms with E-state index in [9.17, 15) is 0 Å². The molecule has 4 heteroatoms. The maximum Gasteiger partial charge on any atom is 0.0594 e. The zero-order valence-electron chi connectivity index (χ0n) is 11.2. The molecule has 100 valence electrons. The average molecular weight is 241 g/mol. The Kier molecular flexibility index (Phi) is 5.71. The number of hydrogen-bond donors (Lipinski definition) is 1. The molecule has 4 nitrogen and oxygen atoms in total. The lowest BCUT2D eigenvalue weighted by Crippen LogP contribution is -2.42. The van der Waals surface area contributed by atoms with Crippen molar-refractivity contribution in [2.24, 2.45) is 5.92 Å². The van der Waals surface area contributed by atoms with Crippen molar-refractivity contribution < 1.29 is 4.74 Å². The second-order valence-electron chi connectivity index (χ2n) is 5.43. The standard InChI is InChI=1S/C13H27N3O/c1-15(12-13-3-2-4-14-11-13)5-6-16-7-9-17-10-8-16/h13-14H,2-12H2,1H3. The zero-order valence-corrected chi connectivity index (χ0v) is 11.2. The highest BCUT2D eigenvalue weighted by Crippen LogP contribution is 2.10. The third-order valence-corrected chi connectivity index (χ3v) is 3.87. The smallest absolute Gasteiger partial charge is 0.0594 e. The first-order chi connectivity index (χ1) is 8.34. The van der Waals surface area contributed by atoms with Gasteiger partial charge >= 0.3 is 0 Å². The Balaban J connectivity index is 1.57. The SMILES string of the molecule is CN(CCN1CCOCC1)CC1CCCNC1. The van der Waals surface area contributed by atoms with Gasteiger partial charge in [0.1, 0.15) is 0 Å². The molecule has 2 rings (SSSR count). The Hall–Kier alpha value is -0.160. The third kappa shape index (κ3) is 4.92. The third-order valence-electron chi connectivity index (χ3n) is 3.87. The number of morpholine rings is 1. The maximum atomic E-state index is 5.36. The Morgan fingerprint density at radius 1 is 1.35 bits per heavy atom. The van der Waals surface area contributed by atoms with E-state index in [1.807, 2.05) is 0 Å². The highest BCUT2D eigenvalue weighted by molar-refractivity contribution is 4.72. The topological polar surface area (TPSA) is 27.7 Å². The van der Waals surface area contributed by atoms with Gasteiger partial charge in [-0.15, -0.1) is 0 Å². The summed E-state index contributed by atoms with van der Waals surface area (Å²) in [4.78, 5) is 5.01. The maximum absolute atomic E-state index is 5.36. The number of ether oxygens (including phenoxy) is 1. The fourth-order valence-corrected chi connectivity index (χ4v) is 2.75. The Bertz CT molecular complexity index is 201. The lowest BCUT2D eigenvalue weighted by atomic mass is 9.99. The van der Waals surface area contributed by atoms with Crippen molar-refractivity contribution in [2.45, 2.75) is 12.8 Å². The van der Waals surface area contributed by atoms with Gasteiger partial charge in [-0.25, -0.2) is 0 Å². The van der Waals surface area contributed by atoms with Crippen molar-refractivity contribution >= 4 is 0 Å². The van der Waals surface area contributed by atoms with Crippen LogP contribution in [0.2, 0.25) is 0 Å². The molecule has 0 aromatic carbocycles. The Morgan fingerprint density at radius 2 is 2.18 bits per heavy atom. The van der Waals surface area contributed by atoms with Crippen LogP contribution in [0.3, 0.4) is 0 Å². The van der Waals surface area contributed by atoms with Crippen LogP contribution in [0.5, 0.6) is 0 Å². The number of piperidine rings is 1. The van der Waals surface area contributed by atoms with Gasteiger partial charge < -0.3 is 15.0 Å². The molecule has 0 spiro atoms. The molecule has 0 amide bonds. The van der Waals surface area contributed by atoms with Crippen LogP contribution in [0.4, 0.5) is 0 Å². The minimum absolute atomic E-state index is 0.860. The molecule has 0 saturated carbocycles. The van der Waals surface area contributed by atoms with E-state index in [1.54, 1.807) is 0 Å². The molecule has 2 heterocycles. The molecule has 1 N–H and O–H groups in total. The summed E-state index contributed by atoms with van der Waals surface area (Å²) in [5.74, 6) is 0.860. The molecule has 1 atom stereocenters. The van der Waals surface area contributed by atoms with Crippen LogP contribution in [-0.2, 0) is 4.74 Å². The van der Waals surface area contributed by atoms with Crippen LogP contribution in [0, 0.1) is 5.92 Å². The molecule has 0 bridgehead atoms. The molecule has 2 saturated heterocycles. The quantitative estimate of drug-likeness (QED) is 0.747. The average Bonchev–Trinajstić information content (AvgIpc) is 2.39.